The van der Waals surface area contributed by atoms with E-state index in [1.54, 1.807) is 19.1 Å². The average Bonchev–Trinajstić information content (AvgIpc) is 2.67. The first-order chi connectivity index (χ1) is 9.19. The summed E-state index contributed by atoms with van der Waals surface area (Å²) in [6.07, 6.45) is 1.05. The molecule has 0 radical (unpaired) electrons. The van der Waals surface area contributed by atoms with Crippen LogP contribution in [0.5, 0.6) is 0 Å². The molecule has 1 rings (SSSR count). The molecule has 0 N–H and O–H groups in total. The topological polar surface area (TPSA) is 72.9 Å². The fraction of sp³-hybridized carbons (Fsp3) is 0.909. The van der Waals surface area contributed by atoms with Crippen molar-refractivity contribution in [3.63, 3.8) is 0 Å². The van der Waals surface area contributed by atoms with E-state index < -0.39 is 17.6 Å². The molecule has 0 aromatic heterocycles. The molecule has 1 atom stereocenters. The molecule has 0 spiro atoms. The number of rotatable bonds is 8. The second-order valence-corrected chi connectivity index (χ2v) is 11.7. The zero-order valence-corrected chi connectivity index (χ0v) is 14.7. The maximum atomic E-state index is 11.8. The predicted octanol–water partition coefficient (Wildman–Crippen LogP) is 1.16. The fourth-order valence-corrected chi connectivity index (χ4v) is 5.04. The Morgan fingerprint density at radius 1 is 1.40 bits per heavy atom. The van der Waals surface area contributed by atoms with E-state index >= 15 is 0 Å². The van der Waals surface area contributed by atoms with E-state index in [0.29, 0.717) is 13.1 Å². The number of hydrogen-bond donors (Lipinski definition) is 0. The highest BCUT2D eigenvalue weighted by Crippen LogP contribution is 2.22. The van der Waals surface area contributed by atoms with Gasteiger partial charge in [0, 0.05) is 50.3 Å². The van der Waals surface area contributed by atoms with Crippen LogP contribution in [0.25, 0.3) is 0 Å². The van der Waals surface area contributed by atoms with Crippen LogP contribution in [0.1, 0.15) is 12.8 Å². The van der Waals surface area contributed by atoms with Gasteiger partial charge in [-0.05, 0) is 19.0 Å². The smallest absolute Gasteiger partial charge is 0.334 e. The number of amides is 1. The van der Waals surface area contributed by atoms with Gasteiger partial charge in [0.05, 0.1) is 5.75 Å². The van der Waals surface area contributed by atoms with Crippen LogP contribution in [-0.4, -0.2) is 60.8 Å². The second kappa shape index (κ2) is 7.21. The summed E-state index contributed by atoms with van der Waals surface area (Å²) >= 11 is 0. The lowest BCUT2D eigenvalue weighted by atomic mass is 10.1. The number of likely N-dealkylation sites (tertiary alicyclic amines) is 1. The molecule has 20 heavy (non-hydrogen) atoms. The molecule has 0 aromatic rings. The standard InChI is InChI=1S/C11H22ClNO5SSi/c1-17-20(3,18-2)6-4-5-13-8-10(7-11(13)14)9-19(12,15)16/h10H,4-9H2,1-3H3. The van der Waals surface area contributed by atoms with Gasteiger partial charge >= 0.3 is 8.56 Å². The predicted molar refractivity (Wildman–Crippen MR) is 79.4 cm³/mol. The Hall–Kier alpha value is -0.153. The first kappa shape index (κ1) is 17.9. The molecule has 9 heteroatoms. The maximum absolute atomic E-state index is 11.8. The van der Waals surface area contributed by atoms with Crippen LogP contribution in [0.4, 0.5) is 0 Å². The lowest BCUT2D eigenvalue weighted by Gasteiger charge is -2.24. The molecule has 1 fully saturated rings. The van der Waals surface area contributed by atoms with E-state index in [2.05, 4.69) is 0 Å². The van der Waals surface area contributed by atoms with Crippen molar-refractivity contribution in [1.82, 2.24) is 4.90 Å². The van der Waals surface area contributed by atoms with Crippen molar-refractivity contribution in [2.45, 2.75) is 25.4 Å². The Balaban J connectivity index is 2.40. The SMILES string of the molecule is CO[Si](C)(CCCN1CC(CS(=O)(=O)Cl)CC1=O)OC. The summed E-state index contributed by atoms with van der Waals surface area (Å²) in [5.74, 6) is -0.341. The van der Waals surface area contributed by atoms with Gasteiger partial charge in [-0.1, -0.05) is 0 Å². The van der Waals surface area contributed by atoms with Crippen molar-refractivity contribution in [3.05, 3.63) is 0 Å². The summed E-state index contributed by atoms with van der Waals surface area (Å²) in [5, 5.41) is 0. The molecule has 0 aromatic carbocycles. The molecule has 1 aliphatic rings. The van der Waals surface area contributed by atoms with Crippen molar-refractivity contribution >= 4 is 34.2 Å². The Morgan fingerprint density at radius 2 is 2.00 bits per heavy atom. The highest BCUT2D eigenvalue weighted by molar-refractivity contribution is 8.13. The summed E-state index contributed by atoms with van der Waals surface area (Å²) in [6.45, 7) is 3.04. The zero-order valence-electron chi connectivity index (χ0n) is 12.1. The third-order valence-corrected chi connectivity index (χ3v) is 7.89. The third kappa shape index (κ3) is 5.69. The number of carbonyl (C=O) groups is 1. The lowest BCUT2D eigenvalue weighted by Crippen LogP contribution is -2.37. The molecule has 0 bridgehead atoms. The summed E-state index contributed by atoms with van der Waals surface area (Å²) in [7, 11) is 2.85. The minimum Gasteiger partial charge on any atom is -0.398 e. The van der Waals surface area contributed by atoms with Gasteiger partial charge in [0.15, 0.2) is 0 Å². The number of halogens is 1. The van der Waals surface area contributed by atoms with Gasteiger partial charge in [-0.2, -0.15) is 0 Å². The fourth-order valence-electron chi connectivity index (χ4n) is 2.34. The van der Waals surface area contributed by atoms with E-state index in [9.17, 15) is 13.2 Å². The quantitative estimate of drug-likeness (QED) is 0.488. The van der Waals surface area contributed by atoms with Gasteiger partial charge in [-0.15, -0.1) is 0 Å². The Morgan fingerprint density at radius 3 is 2.50 bits per heavy atom. The largest absolute Gasteiger partial charge is 0.398 e. The highest BCUT2D eigenvalue weighted by Gasteiger charge is 2.33. The molecule has 1 aliphatic heterocycles. The molecule has 6 nitrogen and oxygen atoms in total. The van der Waals surface area contributed by atoms with E-state index in [0.717, 1.165) is 12.5 Å². The molecule has 0 aliphatic carbocycles. The summed E-state index contributed by atoms with van der Waals surface area (Å²) in [6, 6.07) is 0.794. The maximum Gasteiger partial charge on any atom is 0.334 e. The van der Waals surface area contributed by atoms with Crippen molar-refractivity contribution in [2.75, 3.05) is 33.1 Å². The lowest BCUT2D eigenvalue weighted by molar-refractivity contribution is -0.127. The third-order valence-electron chi connectivity index (χ3n) is 3.65. The molecule has 1 saturated heterocycles. The van der Waals surface area contributed by atoms with Gasteiger partial charge in [0.1, 0.15) is 0 Å². The number of hydrogen-bond acceptors (Lipinski definition) is 5. The molecular weight excluding hydrogens is 322 g/mol. The zero-order chi connectivity index (χ0) is 15.4. The molecular formula is C11H22ClNO5SSi. The van der Waals surface area contributed by atoms with Crippen molar-refractivity contribution in [3.8, 4) is 0 Å². The minimum absolute atomic E-state index is 0.00600. The van der Waals surface area contributed by atoms with E-state index in [1.807, 2.05) is 6.55 Å². The van der Waals surface area contributed by atoms with Crippen LogP contribution >= 0.6 is 10.7 Å². The Bertz CT molecular complexity index is 440. The van der Waals surface area contributed by atoms with Crippen LogP contribution in [-0.2, 0) is 22.7 Å². The molecule has 1 unspecified atom stereocenters. The summed E-state index contributed by atoms with van der Waals surface area (Å²) in [5.41, 5.74) is 0. The van der Waals surface area contributed by atoms with Crippen LogP contribution in [0.15, 0.2) is 0 Å². The van der Waals surface area contributed by atoms with Crippen molar-refractivity contribution in [2.24, 2.45) is 5.92 Å². The minimum atomic E-state index is -3.55. The van der Waals surface area contributed by atoms with Crippen LogP contribution in [0.2, 0.25) is 12.6 Å². The first-order valence-corrected chi connectivity index (χ1v) is 11.5. The highest BCUT2D eigenvalue weighted by atomic mass is 35.7. The average molecular weight is 344 g/mol. The van der Waals surface area contributed by atoms with Gasteiger partial charge in [0.2, 0.25) is 15.0 Å². The van der Waals surface area contributed by atoms with Gasteiger partial charge in [-0.25, -0.2) is 8.42 Å². The normalized spacial score (nSPS) is 20.7. The van der Waals surface area contributed by atoms with Gasteiger partial charge < -0.3 is 13.8 Å². The number of nitrogens with zero attached hydrogens (tertiary/aromatic N) is 1. The molecule has 0 saturated carbocycles. The monoisotopic (exact) mass is 343 g/mol. The Labute approximate surface area is 126 Å². The molecule has 1 amide bonds. The summed E-state index contributed by atoms with van der Waals surface area (Å²) < 4.78 is 32.8. The van der Waals surface area contributed by atoms with E-state index in [4.69, 9.17) is 19.5 Å². The van der Waals surface area contributed by atoms with E-state index in [1.165, 1.54) is 0 Å². The Kier molecular flexibility index (Phi) is 6.46. The second-order valence-electron chi connectivity index (χ2n) is 5.26. The molecule has 1 heterocycles. The number of carbonyl (C=O) groups excluding carboxylic acids is 1. The van der Waals surface area contributed by atoms with Crippen LogP contribution < -0.4 is 0 Å². The van der Waals surface area contributed by atoms with Crippen molar-refractivity contribution < 1.29 is 22.1 Å². The van der Waals surface area contributed by atoms with Crippen LogP contribution in [0.3, 0.4) is 0 Å². The van der Waals surface area contributed by atoms with Crippen LogP contribution in [0, 0.1) is 5.92 Å². The molecule has 118 valence electrons. The van der Waals surface area contributed by atoms with E-state index in [-0.39, 0.29) is 24.0 Å². The van der Waals surface area contributed by atoms with Crippen molar-refractivity contribution in [1.29, 1.82) is 0 Å². The first-order valence-electron chi connectivity index (χ1n) is 6.49. The van der Waals surface area contributed by atoms with Gasteiger partial charge in [-0.3, -0.25) is 4.79 Å². The van der Waals surface area contributed by atoms with Gasteiger partial charge in [0.25, 0.3) is 0 Å². The summed E-state index contributed by atoms with van der Waals surface area (Å²) in [4.78, 5) is 13.5.